The molecule has 5 nitrogen and oxygen atoms in total. The van der Waals surface area contributed by atoms with E-state index in [9.17, 15) is 9.59 Å². The van der Waals surface area contributed by atoms with Gasteiger partial charge in [-0.2, -0.15) is 0 Å². The predicted octanol–water partition coefficient (Wildman–Crippen LogP) is 7.54. The van der Waals surface area contributed by atoms with Crippen LogP contribution < -0.4 is 0 Å². The van der Waals surface area contributed by atoms with Crippen LogP contribution in [0.2, 0.25) is 0 Å². The SMILES string of the molecule is CC(=O)c1cccnc1C(C)(C)C.CC(=O)c1ncccc1C(C)(C)C.CC(C)(C)c1ccncc1. The number of Topliss-reactive ketones (excluding diaryl/α,β-unsaturated/α-hetero) is 2. The summed E-state index contributed by atoms with van der Waals surface area (Å²) < 4.78 is 0. The Hall–Kier alpha value is -3.21. The molecule has 0 aliphatic heterocycles. The number of hydrogen-bond acceptors (Lipinski definition) is 5. The molecule has 0 saturated carbocycles. The fraction of sp³-hybridized carbons (Fsp3) is 0.452. The summed E-state index contributed by atoms with van der Waals surface area (Å²) in [6.45, 7) is 22.1. The molecule has 0 aliphatic rings. The van der Waals surface area contributed by atoms with Gasteiger partial charge in [0.1, 0.15) is 5.69 Å². The first-order valence-electron chi connectivity index (χ1n) is 12.3. The Balaban J connectivity index is 0.000000273. The molecule has 0 spiro atoms. The summed E-state index contributed by atoms with van der Waals surface area (Å²) in [6, 6.07) is 11.6. The Bertz CT molecular complexity index is 1070. The van der Waals surface area contributed by atoms with Crippen molar-refractivity contribution in [1.29, 1.82) is 0 Å². The van der Waals surface area contributed by atoms with Gasteiger partial charge in [-0.3, -0.25) is 24.5 Å². The average Bonchev–Trinajstić information content (AvgIpc) is 2.79. The number of ketones is 2. The minimum atomic E-state index is -0.0672. The lowest BCUT2D eigenvalue weighted by Gasteiger charge is -2.20. The summed E-state index contributed by atoms with van der Waals surface area (Å²) in [5, 5.41) is 0. The third kappa shape index (κ3) is 9.80. The highest BCUT2D eigenvalue weighted by molar-refractivity contribution is 5.95. The quantitative estimate of drug-likeness (QED) is 0.348. The monoisotopic (exact) mass is 489 g/mol. The van der Waals surface area contributed by atoms with Crippen LogP contribution >= 0.6 is 0 Å². The molecule has 0 radical (unpaired) electrons. The second kappa shape index (κ2) is 12.7. The third-order valence-electron chi connectivity index (χ3n) is 5.39. The van der Waals surface area contributed by atoms with E-state index in [4.69, 9.17) is 0 Å². The van der Waals surface area contributed by atoms with Crippen LogP contribution in [0.25, 0.3) is 0 Å². The molecule has 0 N–H and O–H groups in total. The molecular formula is C31H43N3O2. The molecule has 0 atom stereocenters. The van der Waals surface area contributed by atoms with E-state index in [1.807, 2.05) is 30.6 Å². The molecule has 0 aromatic carbocycles. The van der Waals surface area contributed by atoms with Crippen molar-refractivity contribution >= 4 is 11.6 Å². The van der Waals surface area contributed by atoms with Crippen LogP contribution in [0.15, 0.2) is 61.2 Å². The number of hydrogen-bond donors (Lipinski definition) is 0. The van der Waals surface area contributed by atoms with Gasteiger partial charge in [-0.25, -0.2) is 0 Å². The average molecular weight is 490 g/mol. The summed E-state index contributed by atoms with van der Waals surface area (Å²) >= 11 is 0. The molecule has 0 saturated heterocycles. The minimum Gasteiger partial charge on any atom is -0.294 e. The van der Waals surface area contributed by atoms with Crippen molar-refractivity contribution in [3.05, 3.63) is 89.3 Å². The van der Waals surface area contributed by atoms with Crippen molar-refractivity contribution in [2.45, 2.75) is 92.4 Å². The van der Waals surface area contributed by atoms with Crippen LogP contribution in [0.3, 0.4) is 0 Å². The van der Waals surface area contributed by atoms with E-state index in [1.54, 1.807) is 32.3 Å². The second-order valence-corrected chi connectivity index (χ2v) is 11.9. The summed E-state index contributed by atoms with van der Waals surface area (Å²) in [7, 11) is 0. The number of nitrogens with zero attached hydrogens (tertiary/aromatic N) is 3. The standard InChI is InChI=1S/2C11H15NO.C9H13N/c1-8(13)10-9(11(2,3)4)6-5-7-12-10;1-8(13)9-6-5-7-12-10(9)11(2,3)4;1-9(2,3)8-4-6-10-7-5-8/h2*5-7H,1-4H3;4-7H,1-3H3. The topological polar surface area (TPSA) is 72.8 Å². The van der Waals surface area contributed by atoms with Crippen molar-refractivity contribution in [3.63, 3.8) is 0 Å². The van der Waals surface area contributed by atoms with Gasteiger partial charge in [0.25, 0.3) is 0 Å². The molecule has 3 aromatic heterocycles. The Morgan fingerprint density at radius 3 is 1.50 bits per heavy atom. The first kappa shape index (κ1) is 30.8. The number of rotatable bonds is 2. The van der Waals surface area contributed by atoms with Crippen LogP contribution in [0.1, 0.15) is 114 Å². The molecule has 0 aliphatic carbocycles. The van der Waals surface area contributed by atoms with Gasteiger partial charge in [-0.05, 0) is 59.2 Å². The normalized spacial score (nSPS) is 11.4. The third-order valence-corrected chi connectivity index (χ3v) is 5.39. The molecule has 3 aromatic rings. The maximum atomic E-state index is 11.3. The fourth-order valence-corrected chi connectivity index (χ4v) is 3.43. The minimum absolute atomic E-state index is 0.0186. The Kier molecular flexibility index (Phi) is 10.8. The molecule has 0 amide bonds. The number of carbonyl (C=O) groups excluding carboxylic acids is 2. The van der Waals surface area contributed by atoms with Gasteiger partial charge in [-0.15, -0.1) is 0 Å². The van der Waals surface area contributed by atoms with Crippen molar-refractivity contribution < 1.29 is 9.59 Å². The summed E-state index contributed by atoms with van der Waals surface area (Å²) in [5.74, 6) is 0.114. The van der Waals surface area contributed by atoms with Crippen LogP contribution in [0.4, 0.5) is 0 Å². The van der Waals surface area contributed by atoms with Gasteiger partial charge in [0.2, 0.25) is 0 Å². The first-order valence-corrected chi connectivity index (χ1v) is 12.3. The maximum absolute atomic E-state index is 11.3. The van der Waals surface area contributed by atoms with E-state index in [1.165, 1.54) is 5.56 Å². The zero-order valence-corrected chi connectivity index (χ0v) is 23.9. The lowest BCUT2D eigenvalue weighted by Crippen LogP contribution is -2.17. The zero-order chi connectivity index (χ0) is 27.7. The molecule has 36 heavy (non-hydrogen) atoms. The maximum Gasteiger partial charge on any atom is 0.178 e. The van der Waals surface area contributed by atoms with Crippen molar-refractivity contribution in [2.75, 3.05) is 0 Å². The van der Waals surface area contributed by atoms with Crippen molar-refractivity contribution in [2.24, 2.45) is 0 Å². The van der Waals surface area contributed by atoms with Crippen molar-refractivity contribution in [3.8, 4) is 0 Å². The number of aromatic nitrogens is 3. The Morgan fingerprint density at radius 2 is 1.14 bits per heavy atom. The van der Waals surface area contributed by atoms with Gasteiger partial charge in [0.05, 0.1) is 5.69 Å². The van der Waals surface area contributed by atoms with Gasteiger partial charge < -0.3 is 0 Å². The molecule has 0 unspecified atom stereocenters. The van der Waals surface area contributed by atoms with E-state index in [2.05, 4.69) is 89.4 Å². The van der Waals surface area contributed by atoms with E-state index >= 15 is 0 Å². The molecule has 3 heterocycles. The molecule has 0 fully saturated rings. The molecule has 194 valence electrons. The highest BCUT2D eigenvalue weighted by Gasteiger charge is 2.21. The lowest BCUT2D eigenvalue weighted by molar-refractivity contribution is 0.1000. The second-order valence-electron chi connectivity index (χ2n) is 11.9. The number of carbonyl (C=O) groups is 2. The van der Waals surface area contributed by atoms with E-state index in [-0.39, 0.29) is 27.8 Å². The van der Waals surface area contributed by atoms with Gasteiger partial charge >= 0.3 is 0 Å². The lowest BCUT2D eigenvalue weighted by atomic mass is 9.85. The highest BCUT2D eigenvalue weighted by Crippen LogP contribution is 2.25. The van der Waals surface area contributed by atoms with Gasteiger partial charge in [-0.1, -0.05) is 68.4 Å². The van der Waals surface area contributed by atoms with Crippen LogP contribution in [-0.4, -0.2) is 26.5 Å². The summed E-state index contributed by atoms with van der Waals surface area (Å²) in [6.07, 6.45) is 7.06. The van der Waals surface area contributed by atoms with Crippen LogP contribution in [-0.2, 0) is 16.2 Å². The predicted molar refractivity (Wildman–Crippen MR) is 149 cm³/mol. The molecule has 5 heteroatoms. The van der Waals surface area contributed by atoms with E-state index < -0.39 is 0 Å². The van der Waals surface area contributed by atoms with Crippen LogP contribution in [0, 0.1) is 0 Å². The summed E-state index contributed by atoms with van der Waals surface area (Å²) in [5.41, 5.74) is 4.72. The van der Waals surface area contributed by atoms with E-state index in [0.29, 0.717) is 5.69 Å². The van der Waals surface area contributed by atoms with Crippen molar-refractivity contribution in [1.82, 2.24) is 15.0 Å². The smallest absolute Gasteiger partial charge is 0.178 e. The van der Waals surface area contributed by atoms with Gasteiger partial charge in [0, 0.05) is 42.7 Å². The molecular weight excluding hydrogens is 446 g/mol. The van der Waals surface area contributed by atoms with E-state index in [0.717, 1.165) is 16.8 Å². The highest BCUT2D eigenvalue weighted by atomic mass is 16.1. The zero-order valence-electron chi connectivity index (χ0n) is 23.9. The summed E-state index contributed by atoms with van der Waals surface area (Å²) in [4.78, 5) is 34.8. The van der Waals surface area contributed by atoms with Gasteiger partial charge in [0.15, 0.2) is 11.6 Å². The number of pyridine rings is 3. The van der Waals surface area contributed by atoms with Crippen LogP contribution in [0.5, 0.6) is 0 Å². The Labute approximate surface area is 217 Å². The largest absolute Gasteiger partial charge is 0.294 e. The molecule has 0 bridgehead atoms. The molecule has 3 rings (SSSR count). The fourth-order valence-electron chi connectivity index (χ4n) is 3.43. The Morgan fingerprint density at radius 1 is 0.611 bits per heavy atom. The first-order chi connectivity index (χ1) is 16.5.